The van der Waals surface area contributed by atoms with Gasteiger partial charge in [0.25, 0.3) is 0 Å². The summed E-state index contributed by atoms with van der Waals surface area (Å²) in [6.07, 6.45) is 4.67. The van der Waals surface area contributed by atoms with Gasteiger partial charge in [-0.25, -0.2) is 6.08 Å². The van der Waals surface area contributed by atoms with Crippen molar-refractivity contribution in [3.8, 4) is 0 Å². The first-order chi connectivity index (χ1) is 6.93. The molecule has 0 amide bonds. The van der Waals surface area contributed by atoms with Crippen molar-refractivity contribution in [1.82, 2.24) is 0 Å². The third-order valence-electron chi connectivity index (χ3n) is 2.00. The zero-order chi connectivity index (χ0) is 11.6. The molecule has 80 valence electrons. The minimum absolute atomic E-state index is 0. The van der Waals surface area contributed by atoms with Gasteiger partial charge < -0.3 is 5.11 Å². The number of hydrogen-bond donors (Lipinski definition) is 1. The predicted octanol–water partition coefficient (Wildman–Crippen LogP) is -3.13. The average Bonchev–Trinajstić information content (AvgIpc) is 2.16. The topological polar surface area (TPSA) is 124 Å². The number of allylic oxidation sites excluding steroid dienone is 2. The Morgan fingerprint density at radius 1 is 1.38 bits per heavy atom. The predicted molar refractivity (Wildman–Crippen MR) is 44.8 cm³/mol. The van der Waals surface area contributed by atoms with Crippen LogP contribution < -0.4 is 18.9 Å². The Labute approximate surface area is 101 Å². The molecule has 0 aromatic heterocycles. The second-order valence-corrected chi connectivity index (χ2v) is 2.78. The molecule has 16 heavy (non-hydrogen) atoms. The molecule has 0 aliphatic heterocycles. The monoisotopic (exact) mass is 220 g/mol. The largest absolute Gasteiger partial charge is 1.00 e. The molecule has 0 spiro atoms. The number of nitro groups is 2. The van der Waals surface area contributed by atoms with E-state index in [-0.39, 0.29) is 18.9 Å². The van der Waals surface area contributed by atoms with Gasteiger partial charge in [-0.1, -0.05) is 6.08 Å². The Kier molecular flexibility index (Phi) is 4.41. The van der Waals surface area contributed by atoms with Gasteiger partial charge in [0.05, 0.1) is 9.85 Å². The Balaban J connectivity index is 0.00000225. The maximum atomic E-state index is 10.7. The summed E-state index contributed by atoms with van der Waals surface area (Å²) in [6.45, 7) is 0. The van der Waals surface area contributed by atoms with Crippen LogP contribution in [0.2, 0.25) is 0 Å². The van der Waals surface area contributed by atoms with Gasteiger partial charge in [0.2, 0.25) is 0 Å². The summed E-state index contributed by atoms with van der Waals surface area (Å²) in [5.41, 5.74) is -2.84. The zero-order valence-corrected chi connectivity index (χ0v) is 8.19. The fourth-order valence-corrected chi connectivity index (χ4v) is 1.22. The van der Waals surface area contributed by atoms with E-state index in [1.165, 1.54) is 0 Å². The van der Waals surface area contributed by atoms with Crippen molar-refractivity contribution >= 4 is 5.97 Å². The summed E-state index contributed by atoms with van der Waals surface area (Å²) in [6, 6.07) is 0. The molecule has 9 heteroatoms. The van der Waals surface area contributed by atoms with E-state index in [2.05, 4.69) is 6.08 Å². The molecule has 0 fully saturated rings. The van der Waals surface area contributed by atoms with Crippen molar-refractivity contribution in [2.45, 2.75) is 5.66 Å². The molecule has 0 saturated heterocycles. The normalized spacial score (nSPS) is 20.9. The Bertz CT molecular complexity index is 376. The van der Waals surface area contributed by atoms with Crippen molar-refractivity contribution in [2.24, 2.45) is 5.92 Å². The molecule has 0 aromatic carbocycles. The van der Waals surface area contributed by atoms with Crippen LogP contribution in [0, 0.1) is 32.2 Å². The van der Waals surface area contributed by atoms with Crippen LogP contribution in [-0.2, 0) is 4.79 Å². The third-order valence-corrected chi connectivity index (χ3v) is 2.00. The first kappa shape index (κ1) is 14.3. The van der Waals surface area contributed by atoms with Gasteiger partial charge in [0, 0.05) is 0 Å². The minimum Gasteiger partial charge on any atom is -0.480 e. The average molecular weight is 220 g/mol. The van der Waals surface area contributed by atoms with Gasteiger partial charge in [0.15, 0.2) is 5.92 Å². The fourth-order valence-electron chi connectivity index (χ4n) is 1.22. The van der Waals surface area contributed by atoms with Crippen LogP contribution in [0.4, 0.5) is 0 Å². The molecule has 0 bridgehead atoms. The maximum Gasteiger partial charge on any atom is 1.00 e. The van der Waals surface area contributed by atoms with Crippen LogP contribution >= 0.6 is 0 Å². The van der Waals surface area contributed by atoms with Crippen molar-refractivity contribution in [3.63, 3.8) is 0 Å². The molecular formula is C7H5LiN2O6. The molecule has 8 nitrogen and oxygen atoms in total. The molecule has 0 saturated carbocycles. The first-order valence-corrected chi connectivity index (χ1v) is 3.72. The molecule has 1 aliphatic carbocycles. The van der Waals surface area contributed by atoms with Crippen LogP contribution in [0.1, 0.15) is 0 Å². The summed E-state index contributed by atoms with van der Waals surface area (Å²) in [5.74, 6) is -3.49. The van der Waals surface area contributed by atoms with Crippen molar-refractivity contribution in [3.05, 3.63) is 44.5 Å². The summed E-state index contributed by atoms with van der Waals surface area (Å²) in [4.78, 5) is 29.5. The number of carboxylic acid groups (broad SMARTS) is 1. The number of aliphatic carboxylic acids is 1. The maximum absolute atomic E-state index is 10.7. The van der Waals surface area contributed by atoms with Crippen molar-refractivity contribution in [2.75, 3.05) is 0 Å². The molecule has 0 heterocycles. The van der Waals surface area contributed by atoms with E-state index >= 15 is 0 Å². The Morgan fingerprint density at radius 2 is 1.88 bits per heavy atom. The summed E-state index contributed by atoms with van der Waals surface area (Å²) in [7, 11) is 0. The van der Waals surface area contributed by atoms with Crippen molar-refractivity contribution in [1.29, 1.82) is 0 Å². The van der Waals surface area contributed by atoms with Crippen LogP contribution in [0.15, 0.2) is 18.2 Å². The van der Waals surface area contributed by atoms with Crippen LogP contribution in [0.25, 0.3) is 0 Å². The first-order valence-electron chi connectivity index (χ1n) is 3.72. The van der Waals surface area contributed by atoms with E-state index in [1.807, 2.05) is 0 Å². The standard InChI is InChI=1S/C7H5N2O6.Li/c10-6(11)5-3-1-2-4-7(5,8(12)13)9(14)15;/h2-5H,(H,10,11);/q-1;+1. The van der Waals surface area contributed by atoms with Gasteiger partial charge in [-0.3, -0.25) is 31.1 Å². The molecule has 1 unspecified atom stereocenters. The zero-order valence-electron chi connectivity index (χ0n) is 8.19. The number of hydrogen-bond acceptors (Lipinski definition) is 5. The second kappa shape index (κ2) is 4.92. The Morgan fingerprint density at radius 3 is 2.19 bits per heavy atom. The third kappa shape index (κ3) is 1.98. The summed E-state index contributed by atoms with van der Waals surface area (Å²) >= 11 is 0. The number of carbonyl (C=O) groups is 1. The molecule has 0 radical (unpaired) electrons. The van der Waals surface area contributed by atoms with Gasteiger partial charge in [-0.15, -0.1) is 6.08 Å². The SMILES string of the molecule is O=C(O)C1C=[C-]C=CC1([N+](=O)[O-])[N+](=O)[O-].[Li+]. The Hall–Kier alpha value is -1.65. The van der Waals surface area contributed by atoms with Gasteiger partial charge in [-0.05, 0) is 0 Å². The van der Waals surface area contributed by atoms with Crippen molar-refractivity contribution < 1.29 is 38.6 Å². The molecular weight excluding hydrogens is 215 g/mol. The summed E-state index contributed by atoms with van der Waals surface area (Å²) in [5, 5.41) is 29.9. The van der Waals surface area contributed by atoms with E-state index in [4.69, 9.17) is 5.11 Å². The fraction of sp³-hybridized carbons (Fsp3) is 0.286. The van der Waals surface area contributed by atoms with Crippen LogP contribution in [0.3, 0.4) is 0 Å². The number of rotatable bonds is 3. The molecule has 1 aliphatic rings. The van der Waals surface area contributed by atoms with Crippen LogP contribution in [0.5, 0.6) is 0 Å². The van der Waals surface area contributed by atoms with E-state index in [0.717, 1.165) is 12.2 Å². The van der Waals surface area contributed by atoms with Crippen LogP contribution in [-0.4, -0.2) is 26.6 Å². The molecule has 0 aromatic rings. The second-order valence-electron chi connectivity index (χ2n) is 2.78. The minimum atomic E-state index is -2.84. The quantitative estimate of drug-likeness (QED) is 0.176. The van der Waals surface area contributed by atoms with Gasteiger partial charge in [0.1, 0.15) is 0 Å². The van der Waals surface area contributed by atoms with E-state index < -0.39 is 27.4 Å². The number of carboxylic acids is 1. The van der Waals surface area contributed by atoms with Gasteiger partial charge in [-0.2, -0.15) is 0 Å². The molecule has 1 N–H and O–H groups in total. The molecule has 1 rings (SSSR count). The van der Waals surface area contributed by atoms with Gasteiger partial charge >= 0.3 is 30.5 Å². The van der Waals surface area contributed by atoms with E-state index in [0.29, 0.717) is 6.08 Å². The molecule has 1 atom stereocenters. The van der Waals surface area contributed by atoms with E-state index in [1.54, 1.807) is 0 Å². The number of nitrogens with zero attached hydrogens (tertiary/aromatic N) is 2. The van der Waals surface area contributed by atoms with E-state index in [9.17, 15) is 25.0 Å². The summed E-state index contributed by atoms with van der Waals surface area (Å²) < 4.78 is 0. The smallest absolute Gasteiger partial charge is 0.480 e.